The number of nitrogen functional groups attached to an aromatic ring is 1. The lowest BCUT2D eigenvalue weighted by atomic mass is 9.97. The van der Waals surface area contributed by atoms with Crippen molar-refractivity contribution in [3.05, 3.63) is 45.6 Å². The molecule has 2 heterocycles. The topological polar surface area (TPSA) is 90.3 Å². The predicted octanol–water partition coefficient (Wildman–Crippen LogP) is 2.76. The molecular formula is C18H24ClN5O. The molecule has 0 radical (unpaired) electrons. The first-order valence-electron chi connectivity index (χ1n) is 8.44. The smallest absolute Gasteiger partial charge is 0.222 e. The molecule has 1 atom stereocenters. The molecule has 0 unspecified atom stereocenters. The summed E-state index contributed by atoms with van der Waals surface area (Å²) in [4.78, 5) is 10.9. The second kappa shape index (κ2) is 7.56. The van der Waals surface area contributed by atoms with Crippen molar-refractivity contribution >= 4 is 23.4 Å². The van der Waals surface area contributed by atoms with E-state index in [1.54, 1.807) is 0 Å². The predicted molar refractivity (Wildman–Crippen MR) is 101 cm³/mol. The molecule has 1 saturated heterocycles. The number of hydrogen-bond donors (Lipinski definition) is 2. The van der Waals surface area contributed by atoms with Crippen LogP contribution in [0.25, 0.3) is 0 Å². The summed E-state index contributed by atoms with van der Waals surface area (Å²) in [6.45, 7) is 6.52. The molecule has 0 aliphatic carbocycles. The standard InChI is InChI=1S/C18H24ClN5O/c1-11-6-15(19)13(9-20)8-14(11)16-10-25-5-3-4-24(16)17-7-12(2)22-18(21)23-17/h6-8,16H,3-5,9-10,20H2,1-2H3,(H2,21,22,23)/t16-/m0/s1. The molecule has 25 heavy (non-hydrogen) atoms. The Bertz CT molecular complexity index is 747. The van der Waals surface area contributed by atoms with Crippen LogP contribution in [0.2, 0.25) is 5.02 Å². The van der Waals surface area contributed by atoms with E-state index in [-0.39, 0.29) is 12.0 Å². The third kappa shape index (κ3) is 3.86. The molecule has 1 aromatic carbocycles. The number of nitrogens with two attached hydrogens (primary N) is 2. The van der Waals surface area contributed by atoms with Gasteiger partial charge in [0.15, 0.2) is 0 Å². The lowest BCUT2D eigenvalue weighted by Gasteiger charge is -2.32. The second-order valence-electron chi connectivity index (χ2n) is 6.37. The van der Waals surface area contributed by atoms with Gasteiger partial charge in [-0.2, -0.15) is 4.98 Å². The number of aromatic nitrogens is 2. The van der Waals surface area contributed by atoms with Crippen LogP contribution in [0.4, 0.5) is 11.8 Å². The molecule has 134 valence electrons. The SMILES string of the molecule is Cc1cc(N2CCCOC[C@H]2c2cc(CN)c(Cl)cc2C)nc(N)n1. The molecule has 0 amide bonds. The van der Waals surface area contributed by atoms with Crippen LogP contribution < -0.4 is 16.4 Å². The van der Waals surface area contributed by atoms with E-state index in [1.807, 2.05) is 19.1 Å². The highest BCUT2D eigenvalue weighted by Gasteiger charge is 2.27. The third-order valence-corrected chi connectivity index (χ3v) is 4.86. The van der Waals surface area contributed by atoms with Crippen molar-refractivity contribution in [2.24, 2.45) is 5.73 Å². The van der Waals surface area contributed by atoms with Gasteiger partial charge < -0.3 is 21.1 Å². The molecule has 1 aliphatic heterocycles. The summed E-state index contributed by atoms with van der Waals surface area (Å²) < 4.78 is 5.85. The summed E-state index contributed by atoms with van der Waals surface area (Å²) in [5, 5.41) is 0.701. The van der Waals surface area contributed by atoms with Crippen LogP contribution in [-0.2, 0) is 11.3 Å². The summed E-state index contributed by atoms with van der Waals surface area (Å²) in [5.41, 5.74) is 15.8. The normalized spacial score (nSPS) is 18.2. The molecule has 1 fully saturated rings. The first kappa shape index (κ1) is 17.9. The minimum atomic E-state index is 0.0266. The number of anilines is 2. The highest BCUT2D eigenvalue weighted by molar-refractivity contribution is 6.31. The summed E-state index contributed by atoms with van der Waals surface area (Å²) in [5.74, 6) is 1.11. The van der Waals surface area contributed by atoms with E-state index >= 15 is 0 Å². The van der Waals surface area contributed by atoms with Gasteiger partial charge in [0.1, 0.15) is 5.82 Å². The van der Waals surface area contributed by atoms with Crippen LogP contribution in [0.3, 0.4) is 0 Å². The Hall–Kier alpha value is -1.89. The lowest BCUT2D eigenvalue weighted by Crippen LogP contribution is -2.32. The quantitative estimate of drug-likeness (QED) is 0.873. The van der Waals surface area contributed by atoms with Crippen LogP contribution in [0.15, 0.2) is 18.2 Å². The Labute approximate surface area is 153 Å². The van der Waals surface area contributed by atoms with E-state index < -0.39 is 0 Å². The Balaban J connectivity index is 2.07. The van der Waals surface area contributed by atoms with E-state index in [0.29, 0.717) is 18.2 Å². The third-order valence-electron chi connectivity index (χ3n) is 4.51. The van der Waals surface area contributed by atoms with E-state index in [0.717, 1.165) is 47.8 Å². The molecule has 4 N–H and O–H groups in total. The van der Waals surface area contributed by atoms with Gasteiger partial charge in [-0.05, 0) is 43.0 Å². The molecular weight excluding hydrogens is 338 g/mol. The minimum absolute atomic E-state index is 0.0266. The zero-order valence-electron chi connectivity index (χ0n) is 14.6. The van der Waals surface area contributed by atoms with Crippen molar-refractivity contribution in [1.29, 1.82) is 0 Å². The van der Waals surface area contributed by atoms with Crippen molar-refractivity contribution in [2.45, 2.75) is 32.9 Å². The van der Waals surface area contributed by atoms with Gasteiger partial charge in [0.2, 0.25) is 5.95 Å². The van der Waals surface area contributed by atoms with Gasteiger partial charge in [-0.25, -0.2) is 4.98 Å². The number of hydrogen-bond acceptors (Lipinski definition) is 6. The Morgan fingerprint density at radius 1 is 1.28 bits per heavy atom. The van der Waals surface area contributed by atoms with Gasteiger partial charge in [-0.15, -0.1) is 0 Å². The average Bonchev–Trinajstić information content (AvgIpc) is 2.80. The first-order chi connectivity index (χ1) is 12.0. The van der Waals surface area contributed by atoms with Crippen molar-refractivity contribution in [3.63, 3.8) is 0 Å². The molecule has 0 bridgehead atoms. The van der Waals surface area contributed by atoms with Crippen molar-refractivity contribution in [3.8, 4) is 0 Å². The van der Waals surface area contributed by atoms with Crippen LogP contribution in [-0.4, -0.2) is 29.7 Å². The maximum Gasteiger partial charge on any atom is 0.222 e. The van der Waals surface area contributed by atoms with Gasteiger partial charge in [0.05, 0.1) is 12.6 Å². The number of nitrogens with zero attached hydrogens (tertiary/aromatic N) is 3. The molecule has 1 aromatic heterocycles. The van der Waals surface area contributed by atoms with Gasteiger partial charge in [-0.3, -0.25) is 0 Å². The van der Waals surface area contributed by atoms with Crippen LogP contribution >= 0.6 is 11.6 Å². The van der Waals surface area contributed by atoms with Gasteiger partial charge in [0.25, 0.3) is 0 Å². The van der Waals surface area contributed by atoms with Crippen molar-refractivity contribution in [1.82, 2.24) is 9.97 Å². The number of benzene rings is 1. The Kier molecular flexibility index (Phi) is 5.42. The van der Waals surface area contributed by atoms with E-state index in [2.05, 4.69) is 27.9 Å². The van der Waals surface area contributed by atoms with Gasteiger partial charge in [-0.1, -0.05) is 17.7 Å². The summed E-state index contributed by atoms with van der Waals surface area (Å²) in [6, 6.07) is 6.05. The Morgan fingerprint density at radius 2 is 2.08 bits per heavy atom. The average molecular weight is 362 g/mol. The fourth-order valence-corrected chi connectivity index (χ4v) is 3.58. The van der Waals surface area contributed by atoms with Gasteiger partial charge >= 0.3 is 0 Å². The van der Waals surface area contributed by atoms with Gasteiger partial charge in [0, 0.05) is 36.5 Å². The molecule has 2 aromatic rings. The number of ether oxygens (including phenoxy) is 1. The van der Waals surface area contributed by atoms with Crippen LogP contribution in [0, 0.1) is 13.8 Å². The van der Waals surface area contributed by atoms with E-state index in [9.17, 15) is 0 Å². The lowest BCUT2D eigenvalue weighted by molar-refractivity contribution is 0.134. The summed E-state index contributed by atoms with van der Waals surface area (Å²) >= 11 is 6.31. The fourth-order valence-electron chi connectivity index (χ4n) is 3.28. The molecule has 6 nitrogen and oxygen atoms in total. The highest BCUT2D eigenvalue weighted by atomic mass is 35.5. The molecule has 0 spiro atoms. The van der Waals surface area contributed by atoms with Crippen molar-refractivity contribution < 1.29 is 4.74 Å². The number of aryl methyl sites for hydroxylation is 2. The largest absolute Gasteiger partial charge is 0.379 e. The van der Waals surface area contributed by atoms with E-state index in [4.69, 9.17) is 27.8 Å². The molecule has 1 aliphatic rings. The van der Waals surface area contributed by atoms with Crippen molar-refractivity contribution in [2.75, 3.05) is 30.4 Å². The van der Waals surface area contributed by atoms with E-state index in [1.165, 1.54) is 0 Å². The maximum absolute atomic E-state index is 6.31. The Morgan fingerprint density at radius 3 is 2.80 bits per heavy atom. The highest BCUT2D eigenvalue weighted by Crippen LogP contribution is 2.33. The second-order valence-corrected chi connectivity index (χ2v) is 6.77. The number of rotatable bonds is 3. The first-order valence-corrected chi connectivity index (χ1v) is 8.82. The monoisotopic (exact) mass is 361 g/mol. The fraction of sp³-hybridized carbons (Fsp3) is 0.444. The van der Waals surface area contributed by atoms with Crippen LogP contribution in [0.1, 0.15) is 34.8 Å². The molecule has 3 rings (SSSR count). The number of halogens is 1. The molecule has 0 saturated carbocycles. The zero-order chi connectivity index (χ0) is 18.0. The molecule has 7 heteroatoms. The summed E-state index contributed by atoms with van der Waals surface area (Å²) in [6.07, 6.45) is 0.926. The zero-order valence-corrected chi connectivity index (χ0v) is 15.4. The maximum atomic E-state index is 6.31. The van der Waals surface area contributed by atoms with Crippen LogP contribution in [0.5, 0.6) is 0 Å². The summed E-state index contributed by atoms with van der Waals surface area (Å²) in [7, 11) is 0. The minimum Gasteiger partial charge on any atom is -0.379 e.